The SMILES string of the molecule is Cl.Cl.O[C@@H]1CNC[C@@H]1F.O[C@H]1CNC[C@H]1F. The lowest BCUT2D eigenvalue weighted by Gasteiger charge is -1.98. The van der Waals surface area contributed by atoms with E-state index < -0.39 is 24.6 Å². The molecule has 0 aromatic rings. The molecular weight excluding hydrogens is 265 g/mol. The van der Waals surface area contributed by atoms with Gasteiger partial charge in [-0.2, -0.15) is 0 Å². The average molecular weight is 283 g/mol. The fourth-order valence-corrected chi connectivity index (χ4v) is 1.27. The molecule has 0 radical (unpaired) electrons. The summed E-state index contributed by atoms with van der Waals surface area (Å²) in [5, 5.41) is 22.5. The number of aliphatic hydroxyl groups excluding tert-OH is 2. The van der Waals surface area contributed by atoms with Crippen LogP contribution in [0.5, 0.6) is 0 Å². The first-order valence-corrected chi connectivity index (χ1v) is 4.67. The molecule has 100 valence electrons. The highest BCUT2D eigenvalue weighted by Crippen LogP contribution is 2.02. The third-order valence-electron chi connectivity index (χ3n) is 2.22. The maximum atomic E-state index is 12.0. The molecule has 2 aliphatic heterocycles. The zero-order valence-electron chi connectivity index (χ0n) is 8.60. The normalized spacial score (nSPS) is 36.8. The summed E-state index contributed by atoms with van der Waals surface area (Å²) in [6.07, 6.45) is -3.61. The Balaban J connectivity index is 0. The van der Waals surface area contributed by atoms with E-state index in [1.54, 1.807) is 0 Å². The number of aliphatic hydroxyl groups is 2. The van der Waals surface area contributed by atoms with Gasteiger partial charge < -0.3 is 20.8 Å². The molecule has 0 saturated carbocycles. The van der Waals surface area contributed by atoms with Crippen LogP contribution in [0, 0.1) is 0 Å². The highest BCUT2D eigenvalue weighted by molar-refractivity contribution is 5.85. The molecule has 4 atom stereocenters. The number of rotatable bonds is 0. The maximum absolute atomic E-state index is 12.0. The second-order valence-corrected chi connectivity index (χ2v) is 3.48. The van der Waals surface area contributed by atoms with Gasteiger partial charge in [-0.25, -0.2) is 8.78 Å². The maximum Gasteiger partial charge on any atom is 0.139 e. The molecule has 0 spiro atoms. The van der Waals surface area contributed by atoms with Crippen LogP contribution in [0.15, 0.2) is 0 Å². The van der Waals surface area contributed by atoms with Crippen molar-refractivity contribution >= 4 is 24.8 Å². The molecule has 0 aliphatic carbocycles. The quantitative estimate of drug-likeness (QED) is 0.480. The number of hydrogen-bond acceptors (Lipinski definition) is 4. The Labute approximate surface area is 106 Å². The molecule has 8 heteroatoms. The largest absolute Gasteiger partial charge is 0.389 e. The Hall–Kier alpha value is 0.280. The lowest BCUT2D eigenvalue weighted by molar-refractivity contribution is 0.117. The number of β-amino-alcohol motifs (C(OH)–C–C–N with tert-alkyl or cyclic N) is 2. The van der Waals surface area contributed by atoms with Gasteiger partial charge in [-0.05, 0) is 0 Å². The van der Waals surface area contributed by atoms with E-state index in [2.05, 4.69) is 10.6 Å². The van der Waals surface area contributed by atoms with Gasteiger partial charge in [-0.3, -0.25) is 0 Å². The van der Waals surface area contributed by atoms with Crippen molar-refractivity contribution < 1.29 is 19.0 Å². The minimum absolute atomic E-state index is 0. The zero-order chi connectivity index (χ0) is 10.6. The van der Waals surface area contributed by atoms with E-state index in [0.29, 0.717) is 26.2 Å². The van der Waals surface area contributed by atoms with Crippen LogP contribution >= 0.6 is 24.8 Å². The van der Waals surface area contributed by atoms with Crippen molar-refractivity contribution in [1.82, 2.24) is 10.6 Å². The summed E-state index contributed by atoms with van der Waals surface area (Å²) < 4.78 is 24.0. The van der Waals surface area contributed by atoms with Crippen LogP contribution in [0.2, 0.25) is 0 Å². The van der Waals surface area contributed by atoms with E-state index in [-0.39, 0.29) is 24.8 Å². The van der Waals surface area contributed by atoms with Crippen LogP contribution in [-0.2, 0) is 0 Å². The van der Waals surface area contributed by atoms with Crippen LogP contribution in [0.4, 0.5) is 8.78 Å². The van der Waals surface area contributed by atoms with Gasteiger partial charge in [-0.15, -0.1) is 24.8 Å². The predicted octanol–water partition coefficient (Wildman–Crippen LogP) is -0.579. The van der Waals surface area contributed by atoms with Gasteiger partial charge in [0, 0.05) is 26.2 Å². The minimum Gasteiger partial charge on any atom is -0.389 e. The fourth-order valence-electron chi connectivity index (χ4n) is 1.27. The third-order valence-corrected chi connectivity index (χ3v) is 2.22. The molecule has 0 amide bonds. The Morgan fingerprint density at radius 2 is 1.06 bits per heavy atom. The van der Waals surface area contributed by atoms with Crippen molar-refractivity contribution in [2.45, 2.75) is 24.6 Å². The Kier molecular flexibility index (Phi) is 10.9. The van der Waals surface area contributed by atoms with E-state index in [9.17, 15) is 8.78 Å². The first kappa shape index (κ1) is 18.6. The van der Waals surface area contributed by atoms with Gasteiger partial charge in [0.1, 0.15) is 12.3 Å². The van der Waals surface area contributed by atoms with Crippen molar-refractivity contribution in [1.29, 1.82) is 0 Å². The molecule has 0 aromatic carbocycles. The average Bonchev–Trinajstić information content (AvgIpc) is 2.67. The molecule has 2 rings (SSSR count). The second kappa shape index (κ2) is 9.32. The lowest BCUT2D eigenvalue weighted by Crippen LogP contribution is -2.17. The molecule has 4 nitrogen and oxygen atoms in total. The third kappa shape index (κ3) is 6.12. The standard InChI is InChI=1S/2C4H8FNO.2ClH/c2*5-3-1-6-2-4(3)7;;/h2*3-4,6-7H,1-2H2;2*1H/t2*3-,4+;;/m10../s1. The van der Waals surface area contributed by atoms with Crippen LogP contribution < -0.4 is 10.6 Å². The Morgan fingerprint density at radius 1 is 0.750 bits per heavy atom. The van der Waals surface area contributed by atoms with E-state index in [1.807, 2.05) is 0 Å². The summed E-state index contributed by atoms with van der Waals surface area (Å²) in [6, 6.07) is 0. The van der Waals surface area contributed by atoms with Gasteiger partial charge in [0.15, 0.2) is 0 Å². The minimum atomic E-state index is -1.04. The van der Waals surface area contributed by atoms with Crippen LogP contribution in [0.1, 0.15) is 0 Å². The fraction of sp³-hybridized carbons (Fsp3) is 1.00. The van der Waals surface area contributed by atoms with Crippen molar-refractivity contribution in [3.63, 3.8) is 0 Å². The molecule has 2 fully saturated rings. The van der Waals surface area contributed by atoms with Crippen molar-refractivity contribution in [3.8, 4) is 0 Å². The van der Waals surface area contributed by atoms with Gasteiger partial charge in [0.05, 0.1) is 12.2 Å². The molecule has 4 N–H and O–H groups in total. The lowest BCUT2D eigenvalue weighted by atomic mass is 10.3. The van der Waals surface area contributed by atoms with E-state index in [0.717, 1.165) is 0 Å². The molecule has 0 bridgehead atoms. The molecule has 0 unspecified atom stereocenters. The van der Waals surface area contributed by atoms with Crippen molar-refractivity contribution in [2.24, 2.45) is 0 Å². The summed E-state index contributed by atoms with van der Waals surface area (Å²) >= 11 is 0. The van der Waals surface area contributed by atoms with E-state index in [1.165, 1.54) is 0 Å². The zero-order valence-corrected chi connectivity index (χ0v) is 10.2. The van der Waals surface area contributed by atoms with Crippen LogP contribution in [0.25, 0.3) is 0 Å². The van der Waals surface area contributed by atoms with Crippen LogP contribution in [-0.4, -0.2) is 60.9 Å². The number of halogens is 4. The molecule has 2 heterocycles. The van der Waals surface area contributed by atoms with E-state index in [4.69, 9.17) is 10.2 Å². The van der Waals surface area contributed by atoms with Crippen molar-refractivity contribution in [3.05, 3.63) is 0 Å². The van der Waals surface area contributed by atoms with E-state index >= 15 is 0 Å². The number of hydrogen-bond donors (Lipinski definition) is 4. The Morgan fingerprint density at radius 3 is 1.12 bits per heavy atom. The highest BCUT2D eigenvalue weighted by Gasteiger charge is 2.23. The topological polar surface area (TPSA) is 64.5 Å². The van der Waals surface area contributed by atoms with Gasteiger partial charge in [-0.1, -0.05) is 0 Å². The van der Waals surface area contributed by atoms with Crippen molar-refractivity contribution in [2.75, 3.05) is 26.2 Å². The second-order valence-electron chi connectivity index (χ2n) is 3.48. The molecule has 2 saturated heterocycles. The number of nitrogens with one attached hydrogen (secondary N) is 2. The highest BCUT2D eigenvalue weighted by atomic mass is 35.5. The molecule has 0 aromatic heterocycles. The summed E-state index contributed by atoms with van der Waals surface area (Å²) in [6.45, 7) is 1.42. The summed E-state index contributed by atoms with van der Waals surface area (Å²) in [4.78, 5) is 0. The predicted molar refractivity (Wildman–Crippen MR) is 62.0 cm³/mol. The Bertz CT molecular complexity index is 148. The van der Waals surface area contributed by atoms with Gasteiger partial charge in [0.2, 0.25) is 0 Å². The van der Waals surface area contributed by atoms with Gasteiger partial charge >= 0.3 is 0 Å². The van der Waals surface area contributed by atoms with Gasteiger partial charge in [0.25, 0.3) is 0 Å². The smallest absolute Gasteiger partial charge is 0.139 e. The molecule has 2 aliphatic rings. The summed E-state index contributed by atoms with van der Waals surface area (Å²) in [5.74, 6) is 0. The first-order chi connectivity index (χ1) is 6.61. The monoisotopic (exact) mass is 282 g/mol. The summed E-state index contributed by atoms with van der Waals surface area (Å²) in [5.41, 5.74) is 0. The molecular formula is C8H18Cl2F2N2O2. The summed E-state index contributed by atoms with van der Waals surface area (Å²) in [7, 11) is 0. The number of alkyl halides is 2. The van der Waals surface area contributed by atoms with Crippen LogP contribution in [0.3, 0.4) is 0 Å². The first-order valence-electron chi connectivity index (χ1n) is 4.67. The molecule has 16 heavy (non-hydrogen) atoms.